The van der Waals surface area contributed by atoms with Crippen molar-refractivity contribution < 1.29 is 13.9 Å². The molecule has 1 atom stereocenters. The molecule has 3 heteroatoms. The lowest BCUT2D eigenvalue weighted by Gasteiger charge is -2.27. The van der Waals surface area contributed by atoms with E-state index in [-0.39, 0.29) is 10.8 Å². The Kier molecular flexibility index (Phi) is 3.50. The van der Waals surface area contributed by atoms with Gasteiger partial charge in [-0.3, -0.25) is 0 Å². The molecular weight excluding hydrogens is 416 g/mol. The highest BCUT2D eigenvalue weighted by molar-refractivity contribution is 5.80. The van der Waals surface area contributed by atoms with Gasteiger partial charge < -0.3 is 4.74 Å². The smallest absolute Gasteiger partial charge is 0.424 e. The average Bonchev–Trinajstić information content (AvgIpc) is 3.26. The summed E-state index contributed by atoms with van der Waals surface area (Å²) in [4.78, 5) is 0. The van der Waals surface area contributed by atoms with Crippen LogP contribution in [0, 0.1) is 0 Å². The van der Waals surface area contributed by atoms with E-state index >= 15 is 0 Å². The van der Waals surface area contributed by atoms with Crippen LogP contribution in [0.25, 0.3) is 22.5 Å². The van der Waals surface area contributed by atoms with Crippen molar-refractivity contribution >= 4 is 0 Å². The van der Waals surface area contributed by atoms with Crippen LogP contribution in [0.15, 0.2) is 73.1 Å². The van der Waals surface area contributed by atoms with Crippen molar-refractivity contribution in [1.82, 2.24) is 0 Å². The molecule has 0 saturated carbocycles. The first-order chi connectivity index (χ1) is 16.1. The zero-order chi connectivity index (χ0) is 23.6. The third-order valence-electron chi connectivity index (χ3n) is 7.84. The zero-order valence-corrected chi connectivity index (χ0v) is 20.7. The summed E-state index contributed by atoms with van der Waals surface area (Å²) >= 11 is 0. The number of hydrogen-bond donors (Lipinski definition) is 0. The van der Waals surface area contributed by atoms with Gasteiger partial charge >= 0.3 is 5.66 Å². The summed E-state index contributed by atoms with van der Waals surface area (Å²) in [6, 6.07) is 22.4. The van der Waals surface area contributed by atoms with Gasteiger partial charge in [-0.15, -0.1) is 9.13 Å². The van der Waals surface area contributed by atoms with E-state index in [4.69, 9.17) is 4.74 Å². The molecule has 168 valence electrons. The van der Waals surface area contributed by atoms with E-state index in [1.54, 1.807) is 0 Å². The summed E-state index contributed by atoms with van der Waals surface area (Å²) in [6.45, 7) is 13.7. The predicted molar refractivity (Wildman–Crippen MR) is 133 cm³/mol. The molecule has 2 aromatic heterocycles. The van der Waals surface area contributed by atoms with Gasteiger partial charge in [-0.05, 0) is 52.3 Å². The predicted octanol–water partition coefficient (Wildman–Crippen LogP) is 6.22. The number of benzene rings is 2. The minimum absolute atomic E-state index is 0.0225. The maximum atomic E-state index is 6.72. The van der Waals surface area contributed by atoms with Crippen molar-refractivity contribution in [2.45, 2.75) is 58.0 Å². The van der Waals surface area contributed by atoms with Gasteiger partial charge in [0.25, 0.3) is 0 Å². The molecule has 1 spiro atoms. The molecular formula is C31H30N2O+2. The Balaban J connectivity index is 1.67. The molecule has 0 fully saturated rings. The van der Waals surface area contributed by atoms with Crippen LogP contribution >= 0.6 is 0 Å². The van der Waals surface area contributed by atoms with E-state index in [1.165, 1.54) is 44.8 Å². The van der Waals surface area contributed by atoms with Crippen LogP contribution in [-0.2, 0) is 16.5 Å². The molecule has 0 saturated heterocycles. The van der Waals surface area contributed by atoms with Crippen molar-refractivity contribution in [3.63, 3.8) is 0 Å². The van der Waals surface area contributed by atoms with Crippen LogP contribution in [0.4, 0.5) is 0 Å². The second-order valence-electron chi connectivity index (χ2n) is 12.0. The number of ether oxygens (including phenoxy) is 1. The fourth-order valence-corrected chi connectivity index (χ4v) is 6.12. The Hall–Kier alpha value is -3.46. The molecule has 2 aromatic carbocycles. The van der Waals surface area contributed by atoms with Gasteiger partial charge in [0.05, 0.1) is 11.1 Å². The lowest BCUT2D eigenvalue weighted by molar-refractivity contribution is -0.955. The molecule has 0 aliphatic carbocycles. The molecule has 0 N–H and O–H groups in total. The number of pyridine rings is 2. The van der Waals surface area contributed by atoms with Gasteiger partial charge in [0.15, 0.2) is 23.5 Å². The van der Waals surface area contributed by atoms with E-state index in [9.17, 15) is 0 Å². The molecule has 5 heterocycles. The van der Waals surface area contributed by atoms with Crippen LogP contribution in [0.5, 0.6) is 11.5 Å². The number of aromatic nitrogens is 2. The van der Waals surface area contributed by atoms with Gasteiger partial charge in [-0.1, -0.05) is 47.6 Å². The highest BCUT2D eigenvalue weighted by Crippen LogP contribution is 2.57. The van der Waals surface area contributed by atoms with Gasteiger partial charge in [0.2, 0.25) is 11.4 Å². The first-order valence-corrected chi connectivity index (χ1v) is 12.2. The van der Waals surface area contributed by atoms with Gasteiger partial charge in [0, 0.05) is 24.3 Å². The highest BCUT2D eigenvalue weighted by atomic mass is 16.5. The monoisotopic (exact) mass is 446 g/mol. The van der Waals surface area contributed by atoms with Crippen LogP contribution in [0.2, 0.25) is 0 Å². The normalized spacial score (nSPS) is 18.6. The molecule has 3 aliphatic heterocycles. The third-order valence-corrected chi connectivity index (χ3v) is 7.84. The Morgan fingerprint density at radius 1 is 0.618 bits per heavy atom. The van der Waals surface area contributed by atoms with E-state index in [1.807, 2.05) is 0 Å². The first-order valence-electron chi connectivity index (χ1n) is 12.2. The van der Waals surface area contributed by atoms with Crippen molar-refractivity contribution in [3.8, 4) is 34.0 Å². The van der Waals surface area contributed by atoms with Crippen molar-refractivity contribution in [3.05, 3.63) is 95.3 Å². The molecule has 34 heavy (non-hydrogen) atoms. The minimum Gasteiger partial charge on any atom is -0.456 e. The fraction of sp³-hybridized carbons (Fsp3) is 0.290. The minimum atomic E-state index is -0.479. The van der Waals surface area contributed by atoms with E-state index in [2.05, 4.69) is 124 Å². The van der Waals surface area contributed by atoms with E-state index in [0.29, 0.717) is 0 Å². The Morgan fingerprint density at radius 3 is 2.12 bits per heavy atom. The SMILES string of the molecule is CC(C)(C)c1cc2c3c(c1)-c1cccc[n+]1C31c3c(cccc3-c3cc(C(C)(C)C)cc[n+]31)O2. The molecule has 4 aromatic rings. The summed E-state index contributed by atoms with van der Waals surface area (Å²) in [5, 5.41) is 0. The van der Waals surface area contributed by atoms with Crippen LogP contribution in [0.3, 0.4) is 0 Å². The molecule has 0 radical (unpaired) electrons. The van der Waals surface area contributed by atoms with Gasteiger partial charge in [-0.25, -0.2) is 0 Å². The fourth-order valence-electron chi connectivity index (χ4n) is 6.12. The lowest BCUT2D eigenvalue weighted by Crippen LogP contribution is -2.71. The summed E-state index contributed by atoms with van der Waals surface area (Å²) in [5.41, 5.74) is 9.74. The van der Waals surface area contributed by atoms with Crippen molar-refractivity contribution in [2.24, 2.45) is 0 Å². The van der Waals surface area contributed by atoms with Crippen molar-refractivity contribution in [1.29, 1.82) is 0 Å². The molecule has 7 rings (SSSR count). The maximum Gasteiger partial charge on any atom is 0.424 e. The molecule has 3 aliphatic rings. The Morgan fingerprint density at radius 2 is 1.35 bits per heavy atom. The second kappa shape index (κ2) is 5.96. The highest BCUT2D eigenvalue weighted by Gasteiger charge is 2.71. The third kappa shape index (κ3) is 2.23. The van der Waals surface area contributed by atoms with Gasteiger partial charge in [0.1, 0.15) is 11.5 Å². The number of nitrogens with zero attached hydrogens (tertiary/aromatic N) is 2. The van der Waals surface area contributed by atoms with Gasteiger partial charge in [-0.2, -0.15) is 0 Å². The molecule has 0 bridgehead atoms. The van der Waals surface area contributed by atoms with E-state index in [0.717, 1.165) is 11.5 Å². The van der Waals surface area contributed by atoms with Crippen LogP contribution < -0.4 is 13.9 Å². The lowest BCUT2D eigenvalue weighted by atomic mass is 9.81. The average molecular weight is 447 g/mol. The summed E-state index contributed by atoms with van der Waals surface area (Å²) in [7, 11) is 0. The topological polar surface area (TPSA) is 17.0 Å². The molecule has 3 nitrogen and oxygen atoms in total. The molecule has 1 unspecified atom stereocenters. The maximum absolute atomic E-state index is 6.72. The molecule has 0 amide bonds. The second-order valence-corrected chi connectivity index (χ2v) is 12.0. The van der Waals surface area contributed by atoms with Crippen LogP contribution in [-0.4, -0.2) is 0 Å². The number of hydrogen-bond acceptors (Lipinski definition) is 1. The first kappa shape index (κ1) is 20.0. The quantitative estimate of drug-likeness (QED) is 0.253. The summed E-state index contributed by atoms with van der Waals surface area (Å²) in [6.07, 6.45) is 4.53. The Bertz CT molecular complexity index is 1550. The number of fused-ring (bicyclic) bond motifs is 4. The van der Waals surface area contributed by atoms with Crippen LogP contribution in [0.1, 0.15) is 63.8 Å². The Labute approximate surface area is 201 Å². The van der Waals surface area contributed by atoms with E-state index < -0.39 is 5.66 Å². The van der Waals surface area contributed by atoms with Crippen molar-refractivity contribution in [2.75, 3.05) is 0 Å². The summed E-state index contributed by atoms with van der Waals surface area (Å²) in [5.74, 6) is 1.92. The zero-order valence-electron chi connectivity index (χ0n) is 20.7. The standard InChI is InChI=1S/C31H30N2O/c1-29(2,3)19-13-15-33-24(17-19)21-10-9-12-25-27(21)31(33)28-22(23-11-7-8-14-32(23)31)16-20(30(4,5)6)18-26(28)34-25/h7-18H,1-6H3/q+2. The largest absolute Gasteiger partial charge is 0.456 e. The summed E-state index contributed by atoms with van der Waals surface area (Å²) < 4.78 is 11.7. The number of rotatable bonds is 0.